The van der Waals surface area contributed by atoms with Crippen LogP contribution in [0.2, 0.25) is 0 Å². The number of methoxy groups -OCH3 is 1. The largest absolute Gasteiger partial charge is 0.383 e. The van der Waals surface area contributed by atoms with Crippen LogP contribution in [0.3, 0.4) is 0 Å². The van der Waals surface area contributed by atoms with Gasteiger partial charge in [0.2, 0.25) is 11.8 Å². The number of nitrogens with one attached hydrogen (secondary N) is 1. The number of likely N-dealkylation sites (tertiary alicyclic amines) is 1. The predicted molar refractivity (Wildman–Crippen MR) is 89.8 cm³/mol. The average molecular weight is 343 g/mol. The fourth-order valence-corrected chi connectivity index (χ4v) is 2.86. The molecule has 8 heteroatoms. The van der Waals surface area contributed by atoms with Crippen molar-refractivity contribution in [1.82, 2.24) is 25.0 Å². The van der Waals surface area contributed by atoms with E-state index in [9.17, 15) is 9.59 Å². The van der Waals surface area contributed by atoms with Gasteiger partial charge in [-0.1, -0.05) is 6.07 Å². The Hall–Kier alpha value is -2.74. The fourth-order valence-electron chi connectivity index (χ4n) is 2.86. The van der Waals surface area contributed by atoms with Crippen molar-refractivity contribution in [2.45, 2.75) is 13.0 Å². The Labute approximate surface area is 145 Å². The van der Waals surface area contributed by atoms with Gasteiger partial charge in [-0.05, 0) is 12.1 Å². The number of amides is 2. The summed E-state index contributed by atoms with van der Waals surface area (Å²) in [5, 5.41) is 7.09. The highest BCUT2D eigenvalue weighted by Crippen LogP contribution is 2.18. The summed E-state index contributed by atoms with van der Waals surface area (Å²) in [6, 6.07) is 5.53. The van der Waals surface area contributed by atoms with Crippen LogP contribution in [-0.2, 0) is 20.9 Å². The van der Waals surface area contributed by atoms with Crippen LogP contribution in [-0.4, -0.2) is 58.3 Å². The highest BCUT2D eigenvalue weighted by atomic mass is 16.5. The zero-order valence-electron chi connectivity index (χ0n) is 14.1. The molecule has 0 saturated carbocycles. The lowest BCUT2D eigenvalue weighted by molar-refractivity contribution is -0.129. The smallest absolute Gasteiger partial charge is 0.225 e. The highest BCUT2D eigenvalue weighted by molar-refractivity contribution is 5.89. The van der Waals surface area contributed by atoms with Crippen molar-refractivity contribution in [3.8, 4) is 5.82 Å². The van der Waals surface area contributed by atoms with Gasteiger partial charge in [0.15, 0.2) is 5.82 Å². The molecule has 1 saturated heterocycles. The van der Waals surface area contributed by atoms with Gasteiger partial charge in [-0.2, -0.15) is 5.10 Å². The third kappa shape index (κ3) is 4.03. The topological polar surface area (TPSA) is 89.3 Å². The van der Waals surface area contributed by atoms with Crippen molar-refractivity contribution >= 4 is 11.8 Å². The lowest BCUT2D eigenvalue weighted by atomic mass is 10.1. The van der Waals surface area contributed by atoms with E-state index < -0.39 is 0 Å². The van der Waals surface area contributed by atoms with Crippen LogP contribution in [0, 0.1) is 5.92 Å². The van der Waals surface area contributed by atoms with Gasteiger partial charge in [0.05, 0.1) is 12.5 Å². The second-order valence-corrected chi connectivity index (χ2v) is 5.89. The molecule has 8 nitrogen and oxygen atoms in total. The van der Waals surface area contributed by atoms with Gasteiger partial charge >= 0.3 is 0 Å². The summed E-state index contributed by atoms with van der Waals surface area (Å²) in [5.74, 6) is 0.227. The van der Waals surface area contributed by atoms with Gasteiger partial charge in [-0.15, -0.1) is 0 Å². The van der Waals surface area contributed by atoms with Gasteiger partial charge in [0, 0.05) is 57.3 Å². The summed E-state index contributed by atoms with van der Waals surface area (Å²) >= 11 is 0. The molecule has 3 heterocycles. The van der Waals surface area contributed by atoms with Crippen molar-refractivity contribution in [2.24, 2.45) is 5.92 Å². The standard InChI is InChI=1S/C17H21N5O3/c1-25-9-8-21-12-14(10-15(21)23)17(24)19-11-13-4-2-5-18-16(13)22-7-3-6-20-22/h2-7,14H,8-12H2,1H3,(H,19,24)/t14-/m1/s1. The number of rotatable bonds is 7. The van der Waals surface area contributed by atoms with E-state index in [1.54, 1.807) is 35.3 Å². The minimum atomic E-state index is -0.325. The predicted octanol–water partition coefficient (Wildman–Crippen LogP) is 0.378. The Bertz CT molecular complexity index is 732. The molecule has 1 aliphatic rings. The van der Waals surface area contributed by atoms with Crippen molar-refractivity contribution in [3.63, 3.8) is 0 Å². The normalized spacial score (nSPS) is 17.1. The summed E-state index contributed by atoms with van der Waals surface area (Å²) in [7, 11) is 1.59. The zero-order chi connectivity index (χ0) is 17.6. The number of aromatic nitrogens is 3. The second kappa shape index (κ2) is 7.89. The average Bonchev–Trinajstić information content (AvgIpc) is 3.28. The van der Waals surface area contributed by atoms with Crippen molar-refractivity contribution in [3.05, 3.63) is 42.4 Å². The first-order valence-electron chi connectivity index (χ1n) is 8.17. The quantitative estimate of drug-likeness (QED) is 0.785. The summed E-state index contributed by atoms with van der Waals surface area (Å²) in [4.78, 5) is 30.4. The number of hydrogen-bond donors (Lipinski definition) is 1. The number of nitrogens with zero attached hydrogens (tertiary/aromatic N) is 4. The highest BCUT2D eigenvalue weighted by Gasteiger charge is 2.33. The lowest BCUT2D eigenvalue weighted by Crippen LogP contribution is -2.33. The number of pyridine rings is 1. The van der Waals surface area contributed by atoms with Gasteiger partial charge < -0.3 is 15.0 Å². The third-order valence-corrected chi connectivity index (χ3v) is 4.19. The minimum absolute atomic E-state index is 0.00388. The van der Waals surface area contributed by atoms with Crippen LogP contribution in [0.4, 0.5) is 0 Å². The molecule has 1 fully saturated rings. The SMILES string of the molecule is COCCN1C[C@H](C(=O)NCc2cccnc2-n2cccn2)CC1=O. The monoisotopic (exact) mass is 343 g/mol. The molecule has 2 amide bonds. The first-order chi connectivity index (χ1) is 12.2. The van der Waals surface area contributed by atoms with Crippen LogP contribution in [0.15, 0.2) is 36.8 Å². The zero-order valence-corrected chi connectivity index (χ0v) is 14.1. The van der Waals surface area contributed by atoms with E-state index in [1.165, 1.54) is 0 Å². The molecule has 0 aliphatic carbocycles. The van der Waals surface area contributed by atoms with Gasteiger partial charge in [-0.25, -0.2) is 9.67 Å². The van der Waals surface area contributed by atoms with Crippen molar-refractivity contribution in [2.75, 3.05) is 26.8 Å². The Kier molecular flexibility index (Phi) is 5.39. The summed E-state index contributed by atoms with van der Waals surface area (Å²) in [6.07, 6.45) is 5.41. The minimum Gasteiger partial charge on any atom is -0.383 e. The van der Waals surface area contributed by atoms with Gasteiger partial charge in [-0.3, -0.25) is 9.59 Å². The summed E-state index contributed by atoms with van der Waals surface area (Å²) in [5.41, 5.74) is 0.861. The molecule has 1 N–H and O–H groups in total. The Morgan fingerprint density at radius 3 is 3.04 bits per heavy atom. The molecule has 0 unspecified atom stereocenters. The lowest BCUT2D eigenvalue weighted by Gasteiger charge is -2.16. The molecular weight excluding hydrogens is 322 g/mol. The Morgan fingerprint density at radius 2 is 2.28 bits per heavy atom. The van der Waals surface area contributed by atoms with Crippen LogP contribution in [0.25, 0.3) is 5.82 Å². The van der Waals surface area contributed by atoms with E-state index in [0.717, 1.165) is 5.56 Å². The summed E-state index contributed by atoms with van der Waals surface area (Å²) < 4.78 is 6.65. The van der Waals surface area contributed by atoms with E-state index in [2.05, 4.69) is 15.4 Å². The van der Waals surface area contributed by atoms with E-state index in [1.807, 2.05) is 18.2 Å². The van der Waals surface area contributed by atoms with Crippen molar-refractivity contribution in [1.29, 1.82) is 0 Å². The van der Waals surface area contributed by atoms with Crippen LogP contribution >= 0.6 is 0 Å². The van der Waals surface area contributed by atoms with Gasteiger partial charge in [0.25, 0.3) is 0 Å². The molecule has 2 aromatic heterocycles. The molecular formula is C17H21N5O3. The maximum Gasteiger partial charge on any atom is 0.225 e. The second-order valence-electron chi connectivity index (χ2n) is 5.89. The molecule has 1 atom stereocenters. The molecule has 2 aromatic rings. The van der Waals surface area contributed by atoms with Gasteiger partial charge in [0.1, 0.15) is 0 Å². The van der Waals surface area contributed by atoms with Crippen LogP contribution < -0.4 is 5.32 Å². The van der Waals surface area contributed by atoms with Crippen LogP contribution in [0.1, 0.15) is 12.0 Å². The van der Waals surface area contributed by atoms with E-state index in [-0.39, 0.29) is 24.2 Å². The first kappa shape index (κ1) is 17.1. The number of ether oxygens (including phenoxy) is 1. The molecule has 1 aliphatic heterocycles. The van der Waals surface area contributed by atoms with Crippen LogP contribution in [0.5, 0.6) is 0 Å². The van der Waals surface area contributed by atoms with E-state index in [4.69, 9.17) is 4.74 Å². The Balaban J connectivity index is 1.59. The number of carbonyl (C=O) groups excluding carboxylic acids is 2. The third-order valence-electron chi connectivity index (χ3n) is 4.19. The first-order valence-corrected chi connectivity index (χ1v) is 8.17. The van der Waals surface area contributed by atoms with E-state index >= 15 is 0 Å². The summed E-state index contributed by atoms with van der Waals surface area (Å²) in [6.45, 7) is 1.77. The molecule has 25 heavy (non-hydrogen) atoms. The number of carbonyl (C=O) groups is 2. The van der Waals surface area contributed by atoms with E-state index in [0.29, 0.717) is 32.1 Å². The molecule has 132 valence electrons. The van der Waals surface area contributed by atoms with Crippen molar-refractivity contribution < 1.29 is 14.3 Å². The molecule has 0 radical (unpaired) electrons. The molecule has 0 bridgehead atoms. The molecule has 0 spiro atoms. The number of hydrogen-bond acceptors (Lipinski definition) is 5. The fraction of sp³-hybridized carbons (Fsp3) is 0.412. The molecule has 3 rings (SSSR count). The maximum atomic E-state index is 12.4. The maximum absolute atomic E-state index is 12.4. The Morgan fingerprint density at radius 1 is 1.40 bits per heavy atom. The molecule has 0 aromatic carbocycles.